The van der Waals surface area contributed by atoms with Crippen molar-refractivity contribution in [1.29, 1.82) is 0 Å². The first-order chi connectivity index (χ1) is 15.9. The highest BCUT2D eigenvalue weighted by Crippen LogP contribution is 2.38. The number of hydrogen-bond acceptors (Lipinski definition) is 8. The molecule has 0 bridgehead atoms. The van der Waals surface area contributed by atoms with Crippen molar-refractivity contribution >= 4 is 45.3 Å². The molecule has 0 fully saturated rings. The van der Waals surface area contributed by atoms with Crippen molar-refractivity contribution in [1.82, 2.24) is 4.90 Å². The Bertz CT molecular complexity index is 1290. The average molecular weight is 471 g/mol. The quantitative estimate of drug-likeness (QED) is 0.564. The van der Waals surface area contributed by atoms with Crippen LogP contribution >= 0.6 is 11.3 Å². The van der Waals surface area contributed by atoms with Crippen LogP contribution in [0.2, 0.25) is 0 Å². The van der Waals surface area contributed by atoms with Crippen molar-refractivity contribution in [3.05, 3.63) is 62.3 Å². The summed E-state index contributed by atoms with van der Waals surface area (Å²) in [5.74, 6) is -1.26. The number of amides is 2. The third-order valence-corrected chi connectivity index (χ3v) is 6.35. The van der Waals surface area contributed by atoms with E-state index in [4.69, 9.17) is 13.9 Å². The van der Waals surface area contributed by atoms with Crippen molar-refractivity contribution in [3.63, 3.8) is 0 Å². The van der Waals surface area contributed by atoms with E-state index < -0.39 is 23.4 Å². The zero-order valence-corrected chi connectivity index (χ0v) is 19.0. The van der Waals surface area contributed by atoms with Gasteiger partial charge in [-0.25, -0.2) is 9.59 Å². The average Bonchev–Trinajstić information content (AvgIpc) is 3.16. The number of carbonyl (C=O) groups is 3. The summed E-state index contributed by atoms with van der Waals surface area (Å²) in [6, 6.07) is 6.63. The van der Waals surface area contributed by atoms with E-state index in [0.717, 1.165) is 16.7 Å². The van der Waals surface area contributed by atoms with E-state index in [1.54, 1.807) is 43.0 Å². The number of anilines is 1. The lowest BCUT2D eigenvalue weighted by Crippen LogP contribution is -2.36. The highest BCUT2D eigenvalue weighted by atomic mass is 32.1. The molecule has 2 amide bonds. The molecule has 0 atom stereocenters. The molecule has 2 aromatic heterocycles. The predicted molar refractivity (Wildman–Crippen MR) is 122 cm³/mol. The van der Waals surface area contributed by atoms with E-state index in [9.17, 15) is 19.2 Å². The molecule has 172 valence electrons. The predicted octanol–water partition coefficient (Wildman–Crippen LogP) is 3.80. The van der Waals surface area contributed by atoms with Crippen LogP contribution in [0.15, 0.2) is 39.7 Å². The van der Waals surface area contributed by atoms with Crippen LogP contribution in [0, 0.1) is 0 Å². The molecular weight excluding hydrogens is 448 g/mol. The van der Waals surface area contributed by atoms with Gasteiger partial charge in [-0.3, -0.25) is 9.59 Å². The van der Waals surface area contributed by atoms with Gasteiger partial charge in [0.25, 0.3) is 5.91 Å². The number of rotatable bonds is 5. The summed E-state index contributed by atoms with van der Waals surface area (Å²) in [6.45, 7) is 4.47. The third kappa shape index (κ3) is 4.34. The van der Waals surface area contributed by atoms with E-state index >= 15 is 0 Å². The maximum absolute atomic E-state index is 13.0. The zero-order valence-electron chi connectivity index (χ0n) is 18.1. The number of ether oxygens (including phenoxy) is 2. The molecule has 33 heavy (non-hydrogen) atoms. The molecule has 0 aliphatic carbocycles. The summed E-state index contributed by atoms with van der Waals surface area (Å²) in [7, 11) is 0. The third-order valence-electron chi connectivity index (χ3n) is 5.21. The molecule has 1 aliphatic rings. The van der Waals surface area contributed by atoms with Gasteiger partial charge in [0.15, 0.2) is 0 Å². The summed E-state index contributed by atoms with van der Waals surface area (Å²) in [5.41, 5.74) is 0.695. The first-order valence-corrected chi connectivity index (χ1v) is 11.3. The molecule has 3 heterocycles. The molecule has 1 aromatic carbocycles. The Kier molecular flexibility index (Phi) is 6.45. The molecule has 0 radical (unpaired) electrons. The number of para-hydroxylation sites is 1. The normalized spacial score (nSPS) is 12.8. The fourth-order valence-corrected chi connectivity index (χ4v) is 4.93. The molecular formula is C23H22N2O7S. The van der Waals surface area contributed by atoms with Crippen molar-refractivity contribution in [2.75, 3.05) is 25.1 Å². The Balaban J connectivity index is 1.68. The fraction of sp³-hybridized carbons (Fsp3) is 0.304. The highest BCUT2D eigenvalue weighted by molar-refractivity contribution is 7.17. The van der Waals surface area contributed by atoms with Crippen molar-refractivity contribution in [2.45, 2.75) is 26.8 Å². The van der Waals surface area contributed by atoms with Gasteiger partial charge in [-0.1, -0.05) is 12.1 Å². The number of nitrogens with one attached hydrogen (secondary N) is 1. The topological polar surface area (TPSA) is 115 Å². The molecule has 1 aliphatic heterocycles. The van der Waals surface area contributed by atoms with Crippen molar-refractivity contribution in [3.8, 4) is 0 Å². The monoisotopic (exact) mass is 470 g/mol. The lowest BCUT2D eigenvalue weighted by atomic mass is 10.0. The minimum atomic E-state index is -0.694. The fourth-order valence-electron chi connectivity index (χ4n) is 3.69. The lowest BCUT2D eigenvalue weighted by Gasteiger charge is -2.26. The minimum Gasteiger partial charge on any atom is -0.463 e. The number of hydrogen-bond donors (Lipinski definition) is 1. The summed E-state index contributed by atoms with van der Waals surface area (Å²) in [4.78, 5) is 52.9. The molecule has 4 rings (SSSR count). The maximum atomic E-state index is 13.0. The highest BCUT2D eigenvalue weighted by Gasteiger charge is 2.32. The van der Waals surface area contributed by atoms with Crippen LogP contribution in [0.25, 0.3) is 11.0 Å². The van der Waals surface area contributed by atoms with Gasteiger partial charge in [-0.2, -0.15) is 0 Å². The minimum absolute atomic E-state index is 0.167. The first kappa shape index (κ1) is 22.5. The smallest absolute Gasteiger partial charge is 0.410 e. The van der Waals surface area contributed by atoms with E-state index in [2.05, 4.69) is 5.32 Å². The first-order valence-electron chi connectivity index (χ1n) is 10.5. The second kappa shape index (κ2) is 9.45. The van der Waals surface area contributed by atoms with E-state index in [1.165, 1.54) is 11.3 Å². The second-order valence-corrected chi connectivity index (χ2v) is 8.33. The van der Waals surface area contributed by atoms with Crippen LogP contribution in [0.4, 0.5) is 9.80 Å². The Morgan fingerprint density at radius 3 is 2.67 bits per heavy atom. The number of nitrogens with zero attached hydrogens (tertiary/aromatic N) is 1. The van der Waals surface area contributed by atoms with Gasteiger partial charge in [0.05, 0.1) is 30.7 Å². The molecule has 3 aromatic rings. The zero-order chi connectivity index (χ0) is 23.5. The largest absolute Gasteiger partial charge is 0.463 e. The van der Waals surface area contributed by atoms with Crippen LogP contribution in [0.5, 0.6) is 0 Å². The van der Waals surface area contributed by atoms with Crippen LogP contribution in [0.3, 0.4) is 0 Å². The second-order valence-electron chi connectivity index (χ2n) is 7.23. The molecule has 1 N–H and O–H groups in total. The van der Waals surface area contributed by atoms with E-state index in [1.807, 2.05) is 0 Å². The van der Waals surface area contributed by atoms with Gasteiger partial charge < -0.3 is 24.1 Å². The van der Waals surface area contributed by atoms with Crippen LogP contribution in [-0.2, 0) is 22.4 Å². The summed E-state index contributed by atoms with van der Waals surface area (Å²) in [5, 5.41) is 3.23. The number of carbonyl (C=O) groups excluding carboxylic acids is 3. The SMILES string of the molecule is CCOC(=O)c1c(NC(=O)c2coc3ccccc3c2=O)sc2c1CCN(C(=O)OCC)C2. The maximum Gasteiger partial charge on any atom is 0.410 e. The summed E-state index contributed by atoms with van der Waals surface area (Å²) >= 11 is 1.17. The Hall–Kier alpha value is -3.66. The standard InChI is InChI=1S/C23H22N2O7S/c1-3-30-22(28)18-14-9-10-25(23(29)31-4-2)11-17(14)33-21(18)24-20(27)15-12-32-16-8-6-5-7-13(16)19(15)26/h5-8,12H,3-4,9-11H2,1-2H3,(H,24,27). The molecule has 0 saturated carbocycles. The number of thiophene rings is 1. The van der Waals surface area contributed by atoms with Crippen molar-refractivity contribution in [2.24, 2.45) is 0 Å². The molecule has 0 saturated heterocycles. The van der Waals surface area contributed by atoms with Crippen LogP contribution in [0.1, 0.15) is 45.0 Å². The van der Waals surface area contributed by atoms with Gasteiger partial charge in [0.2, 0.25) is 5.43 Å². The van der Waals surface area contributed by atoms with Gasteiger partial charge >= 0.3 is 12.1 Å². The van der Waals surface area contributed by atoms with E-state index in [-0.39, 0.29) is 41.3 Å². The number of esters is 1. The van der Waals surface area contributed by atoms with Crippen LogP contribution in [-0.4, -0.2) is 42.6 Å². The number of fused-ring (bicyclic) bond motifs is 2. The molecule has 10 heteroatoms. The summed E-state index contributed by atoms with van der Waals surface area (Å²) < 4.78 is 15.7. The van der Waals surface area contributed by atoms with Crippen LogP contribution < -0.4 is 10.7 Å². The molecule has 9 nitrogen and oxygen atoms in total. The molecule has 0 spiro atoms. The summed E-state index contributed by atoms with van der Waals surface area (Å²) in [6.07, 6.45) is 1.08. The Morgan fingerprint density at radius 2 is 1.91 bits per heavy atom. The molecule has 0 unspecified atom stereocenters. The lowest BCUT2D eigenvalue weighted by molar-refractivity contribution is 0.0526. The van der Waals surface area contributed by atoms with Gasteiger partial charge in [-0.05, 0) is 38.0 Å². The van der Waals surface area contributed by atoms with Gasteiger partial charge in [0, 0.05) is 11.4 Å². The Morgan fingerprint density at radius 1 is 1.15 bits per heavy atom. The number of benzene rings is 1. The van der Waals surface area contributed by atoms with E-state index in [0.29, 0.717) is 18.5 Å². The van der Waals surface area contributed by atoms with Crippen molar-refractivity contribution < 1.29 is 28.3 Å². The van der Waals surface area contributed by atoms with Gasteiger partial charge in [-0.15, -0.1) is 11.3 Å². The Labute approximate surface area is 192 Å². The van der Waals surface area contributed by atoms with Gasteiger partial charge in [0.1, 0.15) is 22.4 Å².